The van der Waals surface area contributed by atoms with E-state index in [1.807, 2.05) is 39.0 Å². The lowest BCUT2D eigenvalue weighted by molar-refractivity contribution is -0.138. The molecule has 0 aliphatic heterocycles. The van der Waals surface area contributed by atoms with Crippen molar-refractivity contribution in [3.63, 3.8) is 0 Å². The van der Waals surface area contributed by atoms with Gasteiger partial charge in [0.1, 0.15) is 0 Å². The first-order chi connectivity index (χ1) is 8.92. The number of carboxylic acids is 1. The van der Waals surface area contributed by atoms with Crippen molar-refractivity contribution in [2.75, 3.05) is 25.0 Å². The average molecular weight is 264 g/mol. The number of carboxylic acid groups (broad SMARTS) is 1. The third kappa shape index (κ3) is 5.09. The number of nitrogens with zero attached hydrogens (tertiary/aromatic N) is 1. The van der Waals surface area contributed by atoms with E-state index in [0.29, 0.717) is 6.54 Å². The largest absolute Gasteiger partial charge is 0.480 e. The average Bonchev–Trinajstić information content (AvgIpc) is 2.32. The second-order valence-electron chi connectivity index (χ2n) is 4.54. The monoisotopic (exact) mass is 264 g/mol. The van der Waals surface area contributed by atoms with Crippen molar-refractivity contribution >= 4 is 17.6 Å². The van der Waals surface area contributed by atoms with Crippen LogP contribution in [-0.2, 0) is 9.59 Å². The van der Waals surface area contributed by atoms with Crippen molar-refractivity contribution in [1.29, 1.82) is 0 Å². The molecule has 19 heavy (non-hydrogen) atoms. The van der Waals surface area contributed by atoms with Crippen molar-refractivity contribution in [2.24, 2.45) is 0 Å². The lowest BCUT2D eigenvalue weighted by Crippen LogP contribution is -2.36. The van der Waals surface area contributed by atoms with Crippen molar-refractivity contribution < 1.29 is 14.7 Å². The number of nitrogens with one attached hydrogen (secondary N) is 1. The van der Waals surface area contributed by atoms with Gasteiger partial charge < -0.3 is 10.4 Å². The zero-order chi connectivity index (χ0) is 14.4. The fourth-order valence-corrected chi connectivity index (χ4v) is 1.69. The third-order valence-electron chi connectivity index (χ3n) is 2.96. The van der Waals surface area contributed by atoms with Crippen molar-refractivity contribution in [1.82, 2.24) is 4.90 Å². The van der Waals surface area contributed by atoms with Crippen LogP contribution in [0.15, 0.2) is 18.2 Å². The third-order valence-corrected chi connectivity index (χ3v) is 2.96. The summed E-state index contributed by atoms with van der Waals surface area (Å²) in [4.78, 5) is 24.0. The molecule has 0 atom stereocenters. The molecule has 0 fully saturated rings. The number of anilines is 1. The van der Waals surface area contributed by atoms with Gasteiger partial charge in [-0.3, -0.25) is 14.5 Å². The first-order valence-electron chi connectivity index (χ1n) is 6.23. The highest BCUT2D eigenvalue weighted by molar-refractivity contribution is 5.92. The molecule has 0 heterocycles. The molecule has 1 aromatic rings. The molecule has 0 radical (unpaired) electrons. The van der Waals surface area contributed by atoms with Crippen LogP contribution in [0.5, 0.6) is 0 Å². The SMILES string of the molecule is CCN(CC(=O)O)CC(=O)Nc1ccc(C)c(C)c1. The minimum absolute atomic E-state index is 0.0791. The number of likely N-dealkylation sites (N-methyl/N-ethyl adjacent to an activating group) is 1. The maximum Gasteiger partial charge on any atom is 0.317 e. The predicted molar refractivity (Wildman–Crippen MR) is 74.3 cm³/mol. The van der Waals surface area contributed by atoms with Gasteiger partial charge in [0.2, 0.25) is 5.91 Å². The van der Waals surface area contributed by atoms with Crippen LogP contribution < -0.4 is 5.32 Å². The maximum absolute atomic E-state index is 11.8. The van der Waals surface area contributed by atoms with Crippen LogP contribution in [0, 0.1) is 13.8 Å². The molecule has 1 amide bonds. The van der Waals surface area contributed by atoms with Gasteiger partial charge in [-0.05, 0) is 43.7 Å². The molecule has 5 nitrogen and oxygen atoms in total. The van der Waals surface area contributed by atoms with E-state index in [1.54, 1.807) is 4.90 Å². The second kappa shape index (κ2) is 6.89. The molecule has 0 saturated heterocycles. The molecule has 5 heteroatoms. The number of benzene rings is 1. The summed E-state index contributed by atoms with van der Waals surface area (Å²) >= 11 is 0. The number of hydrogen-bond acceptors (Lipinski definition) is 3. The molecule has 0 aliphatic carbocycles. The summed E-state index contributed by atoms with van der Waals surface area (Å²) in [5.74, 6) is -1.13. The van der Waals surface area contributed by atoms with Crippen molar-refractivity contribution in [3.05, 3.63) is 29.3 Å². The normalized spacial score (nSPS) is 10.5. The van der Waals surface area contributed by atoms with Gasteiger partial charge in [0.15, 0.2) is 0 Å². The number of rotatable bonds is 6. The lowest BCUT2D eigenvalue weighted by Gasteiger charge is -2.17. The van der Waals surface area contributed by atoms with E-state index in [4.69, 9.17) is 5.11 Å². The van der Waals surface area contributed by atoms with Crippen LogP contribution in [0.4, 0.5) is 5.69 Å². The Morgan fingerprint density at radius 2 is 1.89 bits per heavy atom. The zero-order valence-corrected chi connectivity index (χ0v) is 11.6. The highest BCUT2D eigenvalue weighted by Gasteiger charge is 2.12. The quantitative estimate of drug-likeness (QED) is 0.819. The minimum Gasteiger partial charge on any atom is -0.480 e. The second-order valence-corrected chi connectivity index (χ2v) is 4.54. The van der Waals surface area contributed by atoms with Crippen molar-refractivity contribution in [3.8, 4) is 0 Å². The van der Waals surface area contributed by atoms with Gasteiger partial charge in [0.25, 0.3) is 0 Å². The summed E-state index contributed by atoms with van der Waals surface area (Å²) in [5, 5.41) is 11.5. The fourth-order valence-electron chi connectivity index (χ4n) is 1.69. The van der Waals surface area contributed by atoms with Crippen LogP contribution in [0.1, 0.15) is 18.1 Å². The van der Waals surface area contributed by atoms with Gasteiger partial charge in [-0.15, -0.1) is 0 Å². The smallest absolute Gasteiger partial charge is 0.317 e. The van der Waals surface area contributed by atoms with Crippen LogP contribution in [-0.4, -0.2) is 41.5 Å². The standard InChI is InChI=1S/C14H20N2O3/c1-4-16(9-14(18)19)8-13(17)15-12-6-5-10(2)11(3)7-12/h5-7H,4,8-9H2,1-3H3,(H,15,17)(H,18,19). The van der Waals surface area contributed by atoms with Crippen LogP contribution in [0.25, 0.3) is 0 Å². The molecular formula is C14H20N2O3. The van der Waals surface area contributed by atoms with Crippen LogP contribution >= 0.6 is 0 Å². The van der Waals surface area contributed by atoms with E-state index >= 15 is 0 Å². The Morgan fingerprint density at radius 3 is 2.42 bits per heavy atom. The summed E-state index contributed by atoms with van der Waals surface area (Å²) in [6.07, 6.45) is 0. The van der Waals surface area contributed by atoms with Gasteiger partial charge >= 0.3 is 5.97 Å². The molecule has 0 unspecified atom stereocenters. The van der Waals surface area contributed by atoms with Crippen molar-refractivity contribution in [2.45, 2.75) is 20.8 Å². The van der Waals surface area contributed by atoms with Gasteiger partial charge in [-0.25, -0.2) is 0 Å². The Kier molecular flexibility index (Phi) is 5.51. The van der Waals surface area contributed by atoms with Gasteiger partial charge in [0.05, 0.1) is 13.1 Å². The van der Waals surface area contributed by atoms with E-state index < -0.39 is 5.97 Å². The Hall–Kier alpha value is -1.88. The van der Waals surface area contributed by atoms with E-state index in [-0.39, 0.29) is 19.0 Å². The molecule has 0 aromatic heterocycles. The number of amides is 1. The number of aryl methyl sites for hydroxylation is 2. The maximum atomic E-state index is 11.8. The van der Waals surface area contributed by atoms with Gasteiger partial charge in [-0.1, -0.05) is 13.0 Å². The summed E-state index contributed by atoms with van der Waals surface area (Å²) < 4.78 is 0. The Morgan fingerprint density at radius 1 is 1.21 bits per heavy atom. The zero-order valence-electron chi connectivity index (χ0n) is 11.6. The lowest BCUT2D eigenvalue weighted by atomic mass is 10.1. The highest BCUT2D eigenvalue weighted by atomic mass is 16.4. The molecule has 1 rings (SSSR count). The van der Waals surface area contributed by atoms with Gasteiger partial charge in [-0.2, -0.15) is 0 Å². The molecule has 104 valence electrons. The number of carbonyl (C=O) groups excluding carboxylic acids is 1. The minimum atomic E-state index is -0.930. The number of hydrogen-bond donors (Lipinski definition) is 2. The van der Waals surface area contributed by atoms with E-state index in [2.05, 4.69) is 5.32 Å². The van der Waals surface area contributed by atoms with E-state index in [9.17, 15) is 9.59 Å². The Balaban J connectivity index is 2.58. The summed E-state index contributed by atoms with van der Waals surface area (Å²) in [7, 11) is 0. The molecule has 2 N–H and O–H groups in total. The summed E-state index contributed by atoms with van der Waals surface area (Å²) in [6, 6.07) is 5.69. The van der Waals surface area contributed by atoms with Gasteiger partial charge in [0, 0.05) is 5.69 Å². The fraction of sp³-hybridized carbons (Fsp3) is 0.429. The topological polar surface area (TPSA) is 69.6 Å². The molecule has 0 spiro atoms. The van der Waals surface area contributed by atoms with Crippen LogP contribution in [0.2, 0.25) is 0 Å². The van der Waals surface area contributed by atoms with E-state index in [1.165, 1.54) is 5.56 Å². The Bertz CT molecular complexity index is 472. The number of carbonyl (C=O) groups is 2. The predicted octanol–water partition coefficient (Wildman–Crippen LogP) is 1.65. The molecular weight excluding hydrogens is 244 g/mol. The summed E-state index contributed by atoms with van der Waals surface area (Å²) in [5.41, 5.74) is 3.01. The molecule has 0 bridgehead atoms. The first kappa shape index (κ1) is 15.2. The van der Waals surface area contributed by atoms with Crippen LogP contribution in [0.3, 0.4) is 0 Å². The highest BCUT2D eigenvalue weighted by Crippen LogP contribution is 2.14. The molecule has 0 saturated carbocycles. The molecule has 0 aliphatic rings. The van der Waals surface area contributed by atoms with E-state index in [0.717, 1.165) is 11.3 Å². The Labute approximate surface area is 113 Å². The number of aliphatic carboxylic acids is 1. The molecule has 1 aromatic carbocycles. The first-order valence-corrected chi connectivity index (χ1v) is 6.23. The summed E-state index contributed by atoms with van der Waals surface area (Å²) in [6.45, 7) is 6.28.